The maximum atomic E-state index is 11.6. The van der Waals surface area contributed by atoms with Gasteiger partial charge in [-0.25, -0.2) is 4.79 Å². The average Bonchev–Trinajstić information content (AvgIpc) is 2.57. The molecule has 3 nitrogen and oxygen atoms in total. The van der Waals surface area contributed by atoms with Gasteiger partial charge in [0, 0.05) is 0 Å². The van der Waals surface area contributed by atoms with Gasteiger partial charge in [-0.2, -0.15) is 0 Å². The molecule has 0 radical (unpaired) electrons. The number of hydrogen-bond acceptors (Lipinski definition) is 3. The highest BCUT2D eigenvalue weighted by Gasteiger charge is 2.15. The number of ether oxygens (including phenoxy) is 2. The predicted octanol–water partition coefficient (Wildman–Crippen LogP) is 6.96. The molecule has 0 aliphatic heterocycles. The maximum absolute atomic E-state index is 11.6. The number of benzene rings is 1. The summed E-state index contributed by atoms with van der Waals surface area (Å²) in [6.07, 6.45) is 10.1. The molecule has 1 aromatic rings. The van der Waals surface area contributed by atoms with Gasteiger partial charge in [0.1, 0.15) is 0 Å². The standard InChI is InChI=1S/C20H28Br2O3/c1-4-6-7-8-9-10-11-12-16-13-17(21)19(18(22)14-16)25-15(3)20(23)24-5-2/h13-14H,3-12H2,1-2H3. The van der Waals surface area contributed by atoms with E-state index in [0.29, 0.717) is 12.4 Å². The number of halogens is 2. The lowest BCUT2D eigenvalue weighted by Crippen LogP contribution is -2.12. The molecule has 0 aliphatic carbocycles. The summed E-state index contributed by atoms with van der Waals surface area (Å²) >= 11 is 7.03. The van der Waals surface area contributed by atoms with Gasteiger partial charge in [0.25, 0.3) is 0 Å². The van der Waals surface area contributed by atoms with Crippen LogP contribution in [0.2, 0.25) is 0 Å². The second-order valence-corrected chi connectivity index (χ2v) is 7.71. The van der Waals surface area contributed by atoms with Crippen LogP contribution in [0.3, 0.4) is 0 Å². The van der Waals surface area contributed by atoms with Crippen molar-refractivity contribution in [2.45, 2.75) is 65.2 Å². The highest BCUT2D eigenvalue weighted by Crippen LogP contribution is 2.36. The van der Waals surface area contributed by atoms with E-state index in [-0.39, 0.29) is 5.76 Å². The minimum absolute atomic E-state index is 0.0249. The monoisotopic (exact) mass is 474 g/mol. The van der Waals surface area contributed by atoms with Crippen LogP contribution in [-0.4, -0.2) is 12.6 Å². The summed E-state index contributed by atoms with van der Waals surface area (Å²) in [5, 5.41) is 0. The van der Waals surface area contributed by atoms with Crippen LogP contribution in [0.25, 0.3) is 0 Å². The van der Waals surface area contributed by atoms with Crippen LogP contribution in [0.15, 0.2) is 33.4 Å². The summed E-state index contributed by atoms with van der Waals surface area (Å²) in [5.41, 5.74) is 1.24. The molecule has 1 rings (SSSR count). The topological polar surface area (TPSA) is 35.5 Å². The molecule has 25 heavy (non-hydrogen) atoms. The van der Waals surface area contributed by atoms with E-state index in [1.165, 1.54) is 50.5 Å². The second-order valence-electron chi connectivity index (χ2n) is 6.01. The fraction of sp³-hybridized carbons (Fsp3) is 0.550. The van der Waals surface area contributed by atoms with E-state index in [4.69, 9.17) is 9.47 Å². The Bertz CT molecular complexity index is 547. The molecule has 0 bridgehead atoms. The number of hydrogen-bond donors (Lipinski definition) is 0. The van der Waals surface area contributed by atoms with Crippen molar-refractivity contribution in [2.75, 3.05) is 6.61 Å². The molecule has 0 atom stereocenters. The molecule has 0 saturated heterocycles. The Morgan fingerprint density at radius 3 is 2.12 bits per heavy atom. The SMILES string of the molecule is C=C(Oc1c(Br)cc(CCCCCCCCC)cc1Br)C(=O)OCC. The Balaban J connectivity index is 2.52. The Morgan fingerprint density at radius 1 is 1.00 bits per heavy atom. The molecule has 0 fully saturated rings. The van der Waals surface area contributed by atoms with Gasteiger partial charge >= 0.3 is 5.97 Å². The lowest BCUT2D eigenvalue weighted by atomic mass is 10.0. The van der Waals surface area contributed by atoms with E-state index >= 15 is 0 Å². The van der Waals surface area contributed by atoms with Crippen LogP contribution in [0.4, 0.5) is 0 Å². The fourth-order valence-electron chi connectivity index (χ4n) is 2.52. The number of carbonyl (C=O) groups excluding carboxylic acids is 1. The molecule has 0 N–H and O–H groups in total. The largest absolute Gasteiger partial charge is 0.460 e. The summed E-state index contributed by atoms with van der Waals surface area (Å²) in [4.78, 5) is 11.6. The van der Waals surface area contributed by atoms with Crippen LogP contribution in [-0.2, 0) is 16.0 Å². The third-order valence-corrected chi connectivity index (χ3v) is 5.03. The summed E-state index contributed by atoms with van der Waals surface area (Å²) in [6.45, 7) is 7.91. The highest BCUT2D eigenvalue weighted by molar-refractivity contribution is 9.11. The first-order valence-electron chi connectivity index (χ1n) is 9.01. The smallest absolute Gasteiger partial charge is 0.373 e. The first-order chi connectivity index (χ1) is 12.0. The number of carbonyl (C=O) groups is 1. The van der Waals surface area contributed by atoms with E-state index in [0.717, 1.165) is 15.4 Å². The fourth-order valence-corrected chi connectivity index (χ4v) is 3.96. The number of unbranched alkanes of at least 4 members (excludes halogenated alkanes) is 6. The lowest BCUT2D eigenvalue weighted by Gasteiger charge is -2.13. The number of aryl methyl sites for hydroxylation is 1. The minimum atomic E-state index is -0.548. The Kier molecular flexibility index (Phi) is 11.1. The molecule has 0 aliphatic rings. The van der Waals surface area contributed by atoms with Crippen LogP contribution >= 0.6 is 31.9 Å². The van der Waals surface area contributed by atoms with Crippen LogP contribution < -0.4 is 4.74 Å². The summed E-state index contributed by atoms with van der Waals surface area (Å²) in [5.74, 6) is -0.0297. The number of esters is 1. The summed E-state index contributed by atoms with van der Waals surface area (Å²) in [7, 11) is 0. The maximum Gasteiger partial charge on any atom is 0.373 e. The van der Waals surface area contributed by atoms with Crippen LogP contribution in [0.5, 0.6) is 5.75 Å². The van der Waals surface area contributed by atoms with E-state index in [9.17, 15) is 4.79 Å². The molecule has 0 saturated carbocycles. The van der Waals surface area contributed by atoms with Crippen molar-refractivity contribution < 1.29 is 14.3 Å². The molecular weight excluding hydrogens is 448 g/mol. The summed E-state index contributed by atoms with van der Waals surface area (Å²) in [6, 6.07) is 4.07. The normalized spacial score (nSPS) is 10.6. The molecule has 0 unspecified atom stereocenters. The van der Waals surface area contributed by atoms with Gasteiger partial charge < -0.3 is 9.47 Å². The van der Waals surface area contributed by atoms with Crippen molar-refractivity contribution >= 4 is 37.8 Å². The Hall–Kier alpha value is -0.810. The van der Waals surface area contributed by atoms with Gasteiger partial charge in [-0.3, -0.25) is 0 Å². The average molecular weight is 476 g/mol. The van der Waals surface area contributed by atoms with Crippen LogP contribution in [0, 0.1) is 0 Å². The zero-order valence-corrected chi connectivity index (χ0v) is 18.4. The lowest BCUT2D eigenvalue weighted by molar-refractivity contribution is -0.140. The van der Waals surface area contributed by atoms with Crippen molar-refractivity contribution in [3.05, 3.63) is 39.0 Å². The van der Waals surface area contributed by atoms with E-state index in [2.05, 4.69) is 45.4 Å². The van der Waals surface area contributed by atoms with Crippen molar-refractivity contribution in [1.29, 1.82) is 0 Å². The van der Waals surface area contributed by atoms with E-state index in [1.54, 1.807) is 6.92 Å². The third kappa shape index (κ3) is 8.41. The van der Waals surface area contributed by atoms with Gasteiger partial charge in [-0.15, -0.1) is 0 Å². The van der Waals surface area contributed by atoms with E-state index in [1.807, 2.05) is 12.1 Å². The first kappa shape index (κ1) is 22.2. The van der Waals surface area contributed by atoms with Gasteiger partial charge in [-0.05, 0) is 75.9 Å². The van der Waals surface area contributed by atoms with E-state index < -0.39 is 5.97 Å². The quantitative estimate of drug-likeness (QED) is 0.142. The van der Waals surface area contributed by atoms with Crippen molar-refractivity contribution in [2.24, 2.45) is 0 Å². The highest BCUT2D eigenvalue weighted by atomic mass is 79.9. The van der Waals surface area contributed by atoms with Crippen molar-refractivity contribution in [3.8, 4) is 5.75 Å². The molecule has 0 amide bonds. The number of rotatable bonds is 12. The zero-order valence-electron chi connectivity index (χ0n) is 15.2. The van der Waals surface area contributed by atoms with Gasteiger partial charge in [0.2, 0.25) is 5.76 Å². The van der Waals surface area contributed by atoms with Crippen LogP contribution in [0.1, 0.15) is 64.4 Å². The molecule has 0 heterocycles. The first-order valence-corrected chi connectivity index (χ1v) is 10.6. The molecule has 140 valence electrons. The summed E-state index contributed by atoms with van der Waals surface area (Å²) < 4.78 is 12.0. The molecule has 5 heteroatoms. The minimum Gasteiger partial charge on any atom is -0.460 e. The molecular formula is C20H28Br2O3. The molecule has 0 spiro atoms. The van der Waals surface area contributed by atoms with Gasteiger partial charge in [0.15, 0.2) is 5.75 Å². The zero-order chi connectivity index (χ0) is 18.7. The molecule has 1 aromatic carbocycles. The molecule has 0 aromatic heterocycles. The predicted molar refractivity (Wildman–Crippen MR) is 110 cm³/mol. The Labute approximate surface area is 168 Å². The third-order valence-electron chi connectivity index (χ3n) is 3.86. The van der Waals surface area contributed by atoms with Crippen molar-refractivity contribution in [3.63, 3.8) is 0 Å². The Morgan fingerprint density at radius 2 is 1.56 bits per heavy atom. The van der Waals surface area contributed by atoms with Gasteiger partial charge in [0.05, 0.1) is 15.6 Å². The van der Waals surface area contributed by atoms with Crippen molar-refractivity contribution in [1.82, 2.24) is 0 Å². The second kappa shape index (κ2) is 12.5. The van der Waals surface area contributed by atoms with Gasteiger partial charge in [-0.1, -0.05) is 45.4 Å².